The minimum absolute atomic E-state index is 0.0297. The summed E-state index contributed by atoms with van der Waals surface area (Å²) in [5.41, 5.74) is 2.51. The van der Waals surface area contributed by atoms with Crippen molar-refractivity contribution in [3.8, 4) is 0 Å². The van der Waals surface area contributed by atoms with Crippen molar-refractivity contribution in [2.45, 2.75) is 19.1 Å². The molecule has 3 aromatic rings. The van der Waals surface area contributed by atoms with E-state index in [9.17, 15) is 9.18 Å². The summed E-state index contributed by atoms with van der Waals surface area (Å²) in [4.78, 5) is 20.3. The Morgan fingerprint density at radius 1 is 1.03 bits per heavy atom. The van der Waals surface area contributed by atoms with Crippen LogP contribution in [0.15, 0.2) is 78.0 Å². The summed E-state index contributed by atoms with van der Waals surface area (Å²) in [6.45, 7) is 0.590. The van der Waals surface area contributed by atoms with Gasteiger partial charge in [0.05, 0.1) is 27.9 Å². The fourth-order valence-corrected chi connectivity index (χ4v) is 3.74. The molecule has 1 amide bonds. The Morgan fingerprint density at radius 3 is 2.52 bits per heavy atom. The molecule has 1 aliphatic rings. The van der Waals surface area contributed by atoms with E-state index in [1.165, 1.54) is 12.1 Å². The smallest absolute Gasteiger partial charge is 0.257 e. The van der Waals surface area contributed by atoms with Crippen molar-refractivity contribution in [2.24, 2.45) is 5.16 Å². The molecule has 158 valence electrons. The summed E-state index contributed by atoms with van der Waals surface area (Å²) in [5, 5.41) is 5.07. The number of amides is 1. The maximum Gasteiger partial charge on any atom is 0.257 e. The van der Waals surface area contributed by atoms with Gasteiger partial charge in [0.2, 0.25) is 0 Å². The summed E-state index contributed by atoms with van der Waals surface area (Å²) >= 11 is 12.1. The molecule has 0 saturated carbocycles. The molecule has 31 heavy (non-hydrogen) atoms. The summed E-state index contributed by atoms with van der Waals surface area (Å²) in [6, 6.07) is 20.8. The average molecular weight is 457 g/mol. The number of halogens is 3. The van der Waals surface area contributed by atoms with Gasteiger partial charge in [0.15, 0.2) is 6.10 Å². The van der Waals surface area contributed by atoms with E-state index in [1.807, 2.05) is 36.4 Å². The van der Waals surface area contributed by atoms with Crippen molar-refractivity contribution in [2.75, 3.05) is 6.54 Å². The summed E-state index contributed by atoms with van der Waals surface area (Å²) in [5.74, 6) is -0.945. The molecular weight excluding hydrogens is 438 g/mol. The molecule has 4 nitrogen and oxygen atoms in total. The third-order valence-electron chi connectivity index (χ3n) is 5.02. The number of hydrogen-bond donors (Lipinski definition) is 0. The van der Waals surface area contributed by atoms with Crippen molar-refractivity contribution in [1.29, 1.82) is 0 Å². The lowest BCUT2D eigenvalue weighted by molar-refractivity contribution is 0.0402. The molecule has 0 spiro atoms. The highest BCUT2D eigenvalue weighted by atomic mass is 35.5. The molecule has 0 N–H and O–H groups in total. The first-order valence-electron chi connectivity index (χ1n) is 9.77. The highest BCUT2D eigenvalue weighted by Gasteiger charge is 2.28. The highest BCUT2D eigenvalue weighted by molar-refractivity contribution is 6.42. The van der Waals surface area contributed by atoms with Crippen molar-refractivity contribution in [3.05, 3.63) is 105 Å². The number of hydrogen-bond acceptors (Lipinski definition) is 3. The van der Waals surface area contributed by atoms with Gasteiger partial charge in [0, 0.05) is 18.5 Å². The van der Waals surface area contributed by atoms with E-state index in [4.69, 9.17) is 28.0 Å². The lowest BCUT2D eigenvalue weighted by Gasteiger charge is -2.25. The van der Waals surface area contributed by atoms with Crippen LogP contribution in [-0.4, -0.2) is 29.2 Å². The third kappa shape index (κ3) is 5.06. The lowest BCUT2D eigenvalue weighted by atomic mass is 10.0. The van der Waals surface area contributed by atoms with Gasteiger partial charge in [-0.15, -0.1) is 0 Å². The quantitative estimate of drug-likeness (QED) is 0.458. The zero-order valence-corrected chi connectivity index (χ0v) is 18.0. The Balaban J connectivity index is 1.52. The Morgan fingerprint density at radius 2 is 1.77 bits per heavy atom. The van der Waals surface area contributed by atoms with Crippen LogP contribution in [0.1, 0.15) is 27.9 Å². The van der Waals surface area contributed by atoms with Crippen LogP contribution in [0.3, 0.4) is 0 Å². The number of carbonyl (C=O) groups excluding carboxylic acids is 1. The van der Waals surface area contributed by atoms with E-state index < -0.39 is 11.7 Å². The molecule has 0 radical (unpaired) electrons. The van der Waals surface area contributed by atoms with Gasteiger partial charge in [-0.2, -0.15) is 0 Å². The molecule has 0 unspecified atom stereocenters. The van der Waals surface area contributed by atoms with Crippen LogP contribution in [0.25, 0.3) is 0 Å². The molecule has 0 saturated heterocycles. The largest absolute Gasteiger partial charge is 0.390 e. The van der Waals surface area contributed by atoms with Gasteiger partial charge in [-0.1, -0.05) is 76.9 Å². The molecule has 0 aromatic heterocycles. The van der Waals surface area contributed by atoms with Crippen molar-refractivity contribution in [1.82, 2.24) is 4.90 Å². The first kappa shape index (κ1) is 21.3. The summed E-state index contributed by atoms with van der Waals surface area (Å²) < 4.78 is 14.3. The van der Waals surface area contributed by atoms with E-state index in [0.29, 0.717) is 23.0 Å². The van der Waals surface area contributed by atoms with Gasteiger partial charge in [-0.25, -0.2) is 4.39 Å². The zero-order chi connectivity index (χ0) is 21.8. The third-order valence-corrected chi connectivity index (χ3v) is 5.76. The van der Waals surface area contributed by atoms with Gasteiger partial charge in [0.1, 0.15) is 5.82 Å². The minimum atomic E-state index is -0.550. The Labute approximate surface area is 189 Å². The molecule has 0 fully saturated rings. The fourth-order valence-electron chi connectivity index (χ4n) is 3.45. The van der Waals surface area contributed by atoms with Crippen LogP contribution in [0.4, 0.5) is 4.39 Å². The van der Waals surface area contributed by atoms with E-state index >= 15 is 0 Å². The second kappa shape index (κ2) is 9.50. The van der Waals surface area contributed by atoms with Crippen molar-refractivity contribution in [3.63, 3.8) is 0 Å². The predicted octanol–water partition coefficient (Wildman–Crippen LogP) is 5.97. The van der Waals surface area contributed by atoms with E-state index in [2.05, 4.69) is 5.16 Å². The maximum atomic E-state index is 14.3. The van der Waals surface area contributed by atoms with Crippen LogP contribution >= 0.6 is 23.2 Å². The van der Waals surface area contributed by atoms with E-state index in [1.54, 1.807) is 29.2 Å². The van der Waals surface area contributed by atoms with Gasteiger partial charge >= 0.3 is 0 Å². The number of oxime groups is 1. The van der Waals surface area contributed by atoms with Gasteiger partial charge in [0.25, 0.3) is 5.91 Å². The van der Waals surface area contributed by atoms with Crippen LogP contribution in [0, 0.1) is 5.82 Å². The molecular formula is C24H19Cl2FN2O2. The number of rotatable bonds is 6. The van der Waals surface area contributed by atoms with Gasteiger partial charge in [-0.05, 0) is 29.8 Å². The first-order valence-corrected chi connectivity index (χ1v) is 10.5. The average Bonchev–Trinajstić information content (AvgIpc) is 3.24. The second-order valence-corrected chi connectivity index (χ2v) is 8.06. The number of nitrogens with zero attached hydrogens (tertiary/aromatic N) is 2. The van der Waals surface area contributed by atoms with Crippen LogP contribution in [-0.2, 0) is 11.4 Å². The van der Waals surface area contributed by atoms with Crippen LogP contribution in [0.2, 0.25) is 10.0 Å². The van der Waals surface area contributed by atoms with Crippen LogP contribution in [0.5, 0.6) is 0 Å². The fraction of sp³-hybridized carbons (Fsp3) is 0.167. The molecule has 4 rings (SSSR count). The molecule has 7 heteroatoms. The van der Waals surface area contributed by atoms with E-state index in [0.717, 1.165) is 16.8 Å². The number of carbonyl (C=O) groups is 1. The monoisotopic (exact) mass is 456 g/mol. The molecule has 1 atom stereocenters. The normalized spacial score (nSPS) is 15.3. The van der Waals surface area contributed by atoms with E-state index in [-0.39, 0.29) is 18.2 Å². The molecule has 3 aromatic carbocycles. The molecule has 0 aliphatic carbocycles. The predicted molar refractivity (Wildman–Crippen MR) is 120 cm³/mol. The van der Waals surface area contributed by atoms with Crippen LogP contribution < -0.4 is 0 Å². The molecule has 1 aliphatic heterocycles. The summed E-state index contributed by atoms with van der Waals surface area (Å²) in [7, 11) is 0. The lowest BCUT2D eigenvalue weighted by Crippen LogP contribution is -2.37. The maximum absolute atomic E-state index is 14.3. The Bertz CT molecular complexity index is 1120. The van der Waals surface area contributed by atoms with Gasteiger partial charge < -0.3 is 9.74 Å². The Hall–Kier alpha value is -2.89. The molecule has 1 heterocycles. The van der Waals surface area contributed by atoms with Crippen molar-refractivity contribution >= 4 is 34.8 Å². The highest BCUT2D eigenvalue weighted by Crippen LogP contribution is 2.26. The SMILES string of the molecule is O=C(c1ccccc1F)N(Cc1ccccc1)C[C@@H]1CC(c2ccc(Cl)c(Cl)c2)=NO1. The summed E-state index contributed by atoms with van der Waals surface area (Å²) in [6.07, 6.45) is 0.136. The first-order chi connectivity index (χ1) is 15.0. The standard InChI is InChI=1S/C24H19Cl2FN2O2/c25-20-11-10-17(12-21(20)26)23-13-18(31-28-23)15-29(14-16-6-2-1-3-7-16)24(30)19-8-4-5-9-22(19)27/h1-12,18H,13-15H2/t18-/m0/s1. The minimum Gasteiger partial charge on any atom is -0.390 e. The second-order valence-electron chi connectivity index (χ2n) is 7.25. The van der Waals surface area contributed by atoms with Crippen molar-refractivity contribution < 1.29 is 14.0 Å². The van der Waals surface area contributed by atoms with Gasteiger partial charge in [-0.3, -0.25) is 4.79 Å². The molecule has 0 bridgehead atoms. The Kier molecular flexibility index (Phi) is 6.54. The zero-order valence-electron chi connectivity index (χ0n) is 16.5. The number of benzene rings is 3. The topological polar surface area (TPSA) is 41.9 Å².